The molecule has 1 atom stereocenters. The normalized spacial score (nSPS) is 12.8. The second-order valence-electron chi connectivity index (χ2n) is 3.76. The number of hydrogen-bond donors (Lipinski definition) is 1. The summed E-state index contributed by atoms with van der Waals surface area (Å²) in [6.45, 7) is 5.35. The van der Waals surface area contributed by atoms with Gasteiger partial charge in [-0.05, 0) is 44.0 Å². The summed E-state index contributed by atoms with van der Waals surface area (Å²) < 4.78 is 0. The van der Waals surface area contributed by atoms with Gasteiger partial charge < -0.3 is 5.32 Å². The van der Waals surface area contributed by atoms with E-state index in [2.05, 4.69) is 19.2 Å². The second-order valence-corrected chi connectivity index (χ2v) is 4.58. The smallest absolute Gasteiger partial charge is 0.0595 e. The molecular formula is C12H17Cl2N. The van der Waals surface area contributed by atoms with E-state index in [4.69, 9.17) is 23.2 Å². The topological polar surface area (TPSA) is 12.0 Å². The zero-order valence-corrected chi connectivity index (χ0v) is 10.7. The Morgan fingerprint density at radius 2 is 2.00 bits per heavy atom. The summed E-state index contributed by atoms with van der Waals surface area (Å²) in [5, 5.41) is 4.70. The average Bonchev–Trinajstić information content (AvgIpc) is 2.23. The molecule has 0 bridgehead atoms. The first-order valence-corrected chi connectivity index (χ1v) is 6.06. The fourth-order valence-corrected chi connectivity index (χ4v) is 1.62. The van der Waals surface area contributed by atoms with E-state index in [1.54, 1.807) is 0 Å². The van der Waals surface area contributed by atoms with Gasteiger partial charge in [0.25, 0.3) is 0 Å². The van der Waals surface area contributed by atoms with E-state index in [-0.39, 0.29) is 0 Å². The second kappa shape index (κ2) is 6.37. The molecule has 84 valence electrons. The molecular weight excluding hydrogens is 229 g/mol. The summed E-state index contributed by atoms with van der Waals surface area (Å²) >= 11 is 11.8. The van der Waals surface area contributed by atoms with E-state index >= 15 is 0 Å². The molecule has 3 heteroatoms. The highest BCUT2D eigenvalue weighted by Gasteiger charge is 2.00. The third-order valence-electron chi connectivity index (χ3n) is 2.50. The van der Waals surface area contributed by atoms with Gasteiger partial charge in [0.1, 0.15) is 0 Å². The maximum atomic E-state index is 5.93. The van der Waals surface area contributed by atoms with Crippen LogP contribution in [0.1, 0.15) is 25.8 Å². The quantitative estimate of drug-likeness (QED) is 0.830. The van der Waals surface area contributed by atoms with Crippen LogP contribution in [0.25, 0.3) is 0 Å². The minimum atomic E-state index is 0.577. The number of benzene rings is 1. The van der Waals surface area contributed by atoms with Crippen LogP contribution < -0.4 is 5.32 Å². The summed E-state index contributed by atoms with van der Waals surface area (Å²) in [6, 6.07) is 6.38. The predicted molar refractivity (Wildman–Crippen MR) is 67.9 cm³/mol. The van der Waals surface area contributed by atoms with Gasteiger partial charge in [0.05, 0.1) is 10.0 Å². The van der Waals surface area contributed by atoms with Crippen molar-refractivity contribution in [1.29, 1.82) is 0 Å². The van der Waals surface area contributed by atoms with Crippen LogP contribution in [0.2, 0.25) is 10.0 Å². The number of rotatable bonds is 5. The number of nitrogens with one attached hydrogen (secondary N) is 1. The summed E-state index contributed by atoms with van der Waals surface area (Å²) in [5.74, 6) is 0. The molecule has 0 heterocycles. The molecule has 0 saturated heterocycles. The van der Waals surface area contributed by atoms with Crippen LogP contribution in [0.3, 0.4) is 0 Å². The third-order valence-corrected chi connectivity index (χ3v) is 3.24. The third kappa shape index (κ3) is 4.42. The van der Waals surface area contributed by atoms with Gasteiger partial charge >= 0.3 is 0 Å². The average molecular weight is 246 g/mol. The Morgan fingerprint density at radius 3 is 2.60 bits per heavy atom. The fourth-order valence-electron chi connectivity index (χ4n) is 1.30. The molecule has 1 unspecified atom stereocenters. The van der Waals surface area contributed by atoms with Gasteiger partial charge in [0.15, 0.2) is 0 Å². The molecule has 1 aromatic rings. The standard InChI is InChI=1S/C12H17Cl2N/c1-3-9(2)15-7-6-10-4-5-11(13)12(14)8-10/h4-5,8-9,15H,3,6-7H2,1-2H3. The molecule has 1 nitrogen and oxygen atoms in total. The first kappa shape index (κ1) is 12.8. The van der Waals surface area contributed by atoms with E-state index in [0.29, 0.717) is 16.1 Å². The van der Waals surface area contributed by atoms with Gasteiger partial charge in [-0.25, -0.2) is 0 Å². The van der Waals surface area contributed by atoms with E-state index in [1.807, 2.05) is 18.2 Å². The van der Waals surface area contributed by atoms with Gasteiger partial charge in [-0.1, -0.05) is 36.2 Å². The van der Waals surface area contributed by atoms with Gasteiger partial charge in [0.2, 0.25) is 0 Å². The predicted octanol–water partition coefficient (Wildman–Crippen LogP) is 3.92. The Balaban J connectivity index is 2.41. The zero-order valence-electron chi connectivity index (χ0n) is 9.19. The van der Waals surface area contributed by atoms with Crippen LogP contribution in [-0.4, -0.2) is 12.6 Å². The lowest BCUT2D eigenvalue weighted by Crippen LogP contribution is -2.27. The van der Waals surface area contributed by atoms with Crippen molar-refractivity contribution in [3.63, 3.8) is 0 Å². The Bertz CT molecular complexity index is 312. The SMILES string of the molecule is CCC(C)NCCc1ccc(Cl)c(Cl)c1. The minimum Gasteiger partial charge on any atom is -0.314 e. The highest BCUT2D eigenvalue weighted by Crippen LogP contribution is 2.22. The van der Waals surface area contributed by atoms with Crippen LogP contribution in [0.15, 0.2) is 18.2 Å². The van der Waals surface area contributed by atoms with Crippen molar-refractivity contribution < 1.29 is 0 Å². The van der Waals surface area contributed by atoms with Gasteiger partial charge in [-0.15, -0.1) is 0 Å². The van der Waals surface area contributed by atoms with Crippen molar-refractivity contribution in [2.75, 3.05) is 6.54 Å². The van der Waals surface area contributed by atoms with Crippen molar-refractivity contribution in [3.05, 3.63) is 33.8 Å². The number of hydrogen-bond acceptors (Lipinski definition) is 1. The van der Waals surface area contributed by atoms with Gasteiger partial charge in [-0.2, -0.15) is 0 Å². The highest BCUT2D eigenvalue weighted by atomic mass is 35.5. The Hall–Kier alpha value is -0.240. The van der Waals surface area contributed by atoms with Crippen molar-refractivity contribution >= 4 is 23.2 Å². The molecule has 15 heavy (non-hydrogen) atoms. The summed E-state index contributed by atoms with van der Waals surface area (Å²) in [7, 11) is 0. The summed E-state index contributed by atoms with van der Waals surface area (Å²) in [4.78, 5) is 0. The van der Waals surface area contributed by atoms with Crippen LogP contribution >= 0.6 is 23.2 Å². The van der Waals surface area contributed by atoms with E-state index in [1.165, 1.54) is 5.56 Å². The maximum Gasteiger partial charge on any atom is 0.0595 e. The molecule has 0 fully saturated rings. The molecule has 0 aliphatic rings. The van der Waals surface area contributed by atoms with Gasteiger partial charge in [0, 0.05) is 6.04 Å². The van der Waals surface area contributed by atoms with Crippen molar-refractivity contribution in [1.82, 2.24) is 5.32 Å². The molecule has 1 N–H and O–H groups in total. The van der Waals surface area contributed by atoms with Crippen LogP contribution in [0.5, 0.6) is 0 Å². The molecule has 0 aliphatic carbocycles. The van der Waals surface area contributed by atoms with Crippen LogP contribution in [0, 0.1) is 0 Å². The number of halogens is 2. The molecule has 1 rings (SSSR count). The first-order chi connectivity index (χ1) is 7.13. The van der Waals surface area contributed by atoms with Crippen molar-refractivity contribution in [3.8, 4) is 0 Å². The van der Waals surface area contributed by atoms with Gasteiger partial charge in [-0.3, -0.25) is 0 Å². The lowest BCUT2D eigenvalue weighted by atomic mass is 10.1. The molecule has 0 aliphatic heterocycles. The summed E-state index contributed by atoms with van der Waals surface area (Å²) in [5.41, 5.74) is 1.22. The first-order valence-electron chi connectivity index (χ1n) is 5.30. The highest BCUT2D eigenvalue weighted by molar-refractivity contribution is 6.42. The molecule has 0 radical (unpaired) electrons. The fraction of sp³-hybridized carbons (Fsp3) is 0.500. The van der Waals surface area contributed by atoms with E-state index in [0.717, 1.165) is 19.4 Å². The Morgan fingerprint density at radius 1 is 1.27 bits per heavy atom. The minimum absolute atomic E-state index is 0.577. The molecule has 1 aromatic carbocycles. The Labute approximate surface area is 102 Å². The summed E-state index contributed by atoms with van der Waals surface area (Å²) in [6.07, 6.45) is 2.14. The maximum absolute atomic E-state index is 5.93. The molecule has 0 amide bonds. The lowest BCUT2D eigenvalue weighted by Gasteiger charge is -2.11. The Kier molecular flexibility index (Phi) is 5.44. The lowest BCUT2D eigenvalue weighted by molar-refractivity contribution is 0.537. The molecule has 0 saturated carbocycles. The molecule has 0 aromatic heterocycles. The van der Waals surface area contributed by atoms with Crippen LogP contribution in [-0.2, 0) is 6.42 Å². The zero-order chi connectivity index (χ0) is 11.3. The van der Waals surface area contributed by atoms with Crippen LogP contribution in [0.4, 0.5) is 0 Å². The largest absolute Gasteiger partial charge is 0.314 e. The van der Waals surface area contributed by atoms with Crippen molar-refractivity contribution in [2.24, 2.45) is 0 Å². The van der Waals surface area contributed by atoms with Crippen molar-refractivity contribution in [2.45, 2.75) is 32.7 Å². The molecule has 0 spiro atoms. The van der Waals surface area contributed by atoms with E-state index < -0.39 is 0 Å². The monoisotopic (exact) mass is 245 g/mol. The van der Waals surface area contributed by atoms with E-state index in [9.17, 15) is 0 Å².